The molecule has 0 aromatic heterocycles. The number of nitrogens with zero attached hydrogens (tertiary/aromatic N) is 2. The number of ether oxygens (including phenoxy) is 1. The van der Waals surface area contributed by atoms with Gasteiger partial charge in [-0.2, -0.15) is 0 Å². The summed E-state index contributed by atoms with van der Waals surface area (Å²) in [5.41, 5.74) is 1.31. The minimum Gasteiger partial charge on any atom is -0.481 e. The van der Waals surface area contributed by atoms with Crippen LogP contribution in [-0.4, -0.2) is 55.2 Å². The van der Waals surface area contributed by atoms with Crippen LogP contribution in [0.2, 0.25) is 0 Å². The van der Waals surface area contributed by atoms with E-state index in [0.717, 1.165) is 19.3 Å². The second kappa shape index (κ2) is 6.54. The Morgan fingerprint density at radius 1 is 1.27 bits per heavy atom. The molecule has 140 valence electrons. The summed E-state index contributed by atoms with van der Waals surface area (Å²) in [6, 6.07) is 3.27. The monoisotopic (exact) mass is 362 g/mol. The standard InChI is InChI=1S/C19H23FN2O4/c1-2-21-8-14(19(24)25)18(23)13-6-15(20)17(7-16(13)21)22-11-4-3-5-12(22)10-26-9-11/h6-7,11-12,14H,2-5,8-10H2,1H3,(H,24,25). The summed E-state index contributed by atoms with van der Waals surface area (Å²) in [6.07, 6.45) is 3.04. The molecule has 4 rings (SSSR count). The molecule has 0 radical (unpaired) electrons. The average molecular weight is 362 g/mol. The van der Waals surface area contributed by atoms with Crippen LogP contribution in [0.5, 0.6) is 0 Å². The molecule has 0 spiro atoms. The summed E-state index contributed by atoms with van der Waals surface area (Å²) >= 11 is 0. The van der Waals surface area contributed by atoms with Gasteiger partial charge < -0.3 is 19.6 Å². The average Bonchev–Trinajstić information content (AvgIpc) is 2.61. The summed E-state index contributed by atoms with van der Waals surface area (Å²) < 4.78 is 20.6. The Morgan fingerprint density at radius 2 is 1.96 bits per heavy atom. The predicted molar refractivity (Wildman–Crippen MR) is 94.5 cm³/mol. The Labute approximate surface area is 151 Å². The lowest BCUT2D eigenvalue weighted by molar-refractivity contribution is -0.139. The molecule has 2 fully saturated rings. The molecule has 3 atom stereocenters. The van der Waals surface area contributed by atoms with Gasteiger partial charge in [0.15, 0.2) is 5.78 Å². The van der Waals surface area contributed by atoms with E-state index in [2.05, 4.69) is 4.90 Å². The zero-order valence-corrected chi connectivity index (χ0v) is 14.8. The number of hydrogen-bond donors (Lipinski definition) is 1. The third-order valence-corrected chi connectivity index (χ3v) is 5.83. The fourth-order valence-corrected chi connectivity index (χ4v) is 4.51. The number of benzene rings is 1. The van der Waals surface area contributed by atoms with Crippen molar-refractivity contribution in [2.75, 3.05) is 36.1 Å². The van der Waals surface area contributed by atoms with Crippen LogP contribution in [0.3, 0.4) is 0 Å². The van der Waals surface area contributed by atoms with Crippen molar-refractivity contribution in [3.05, 3.63) is 23.5 Å². The molecule has 7 heteroatoms. The minimum absolute atomic E-state index is 0.124. The first-order chi connectivity index (χ1) is 12.5. The second-order valence-electron chi connectivity index (χ2n) is 7.30. The Balaban J connectivity index is 1.78. The highest BCUT2D eigenvalue weighted by Crippen LogP contribution is 2.39. The summed E-state index contributed by atoms with van der Waals surface area (Å²) in [6.45, 7) is 3.77. The van der Waals surface area contributed by atoms with Crippen LogP contribution in [0.15, 0.2) is 12.1 Å². The van der Waals surface area contributed by atoms with E-state index < -0.39 is 23.5 Å². The van der Waals surface area contributed by atoms with Crippen LogP contribution in [0.25, 0.3) is 0 Å². The molecule has 2 saturated heterocycles. The van der Waals surface area contributed by atoms with E-state index in [1.165, 1.54) is 6.07 Å². The van der Waals surface area contributed by atoms with Crippen molar-refractivity contribution < 1.29 is 23.8 Å². The number of carbonyl (C=O) groups excluding carboxylic acids is 1. The molecule has 26 heavy (non-hydrogen) atoms. The van der Waals surface area contributed by atoms with Crippen LogP contribution in [0.1, 0.15) is 36.5 Å². The maximum Gasteiger partial charge on any atom is 0.316 e. The molecule has 0 aliphatic carbocycles. The molecular formula is C19H23FN2O4. The number of fused-ring (bicyclic) bond motifs is 3. The van der Waals surface area contributed by atoms with Crippen LogP contribution >= 0.6 is 0 Å². The van der Waals surface area contributed by atoms with E-state index in [1.807, 2.05) is 11.8 Å². The number of aliphatic carboxylic acids is 1. The van der Waals surface area contributed by atoms with E-state index in [9.17, 15) is 14.7 Å². The lowest BCUT2D eigenvalue weighted by Gasteiger charge is -2.47. The number of carboxylic acids is 1. The van der Waals surface area contributed by atoms with Crippen molar-refractivity contribution in [3.8, 4) is 0 Å². The number of carbonyl (C=O) groups is 2. The highest BCUT2D eigenvalue weighted by molar-refractivity contribution is 6.13. The molecular weight excluding hydrogens is 339 g/mol. The molecule has 3 aliphatic rings. The van der Waals surface area contributed by atoms with Crippen LogP contribution in [0.4, 0.5) is 15.8 Å². The van der Waals surface area contributed by atoms with Gasteiger partial charge in [0, 0.05) is 24.3 Å². The molecule has 0 saturated carbocycles. The molecule has 3 aliphatic heterocycles. The third-order valence-electron chi connectivity index (χ3n) is 5.83. The summed E-state index contributed by atoms with van der Waals surface area (Å²) in [4.78, 5) is 27.9. The van der Waals surface area contributed by atoms with Gasteiger partial charge in [-0.05, 0) is 38.3 Å². The summed E-state index contributed by atoms with van der Waals surface area (Å²) in [5, 5.41) is 9.32. The van der Waals surface area contributed by atoms with Gasteiger partial charge in [-0.3, -0.25) is 9.59 Å². The molecule has 1 aromatic rings. The number of Topliss-reactive ketones (excluding diaryl/α,β-unsaturated/α-hetero) is 1. The number of carboxylic acid groups (broad SMARTS) is 1. The third kappa shape index (κ3) is 2.65. The van der Waals surface area contributed by atoms with Gasteiger partial charge in [-0.1, -0.05) is 0 Å². The molecule has 0 amide bonds. The number of ketones is 1. The maximum atomic E-state index is 15.0. The van der Waals surface area contributed by atoms with Crippen molar-refractivity contribution in [3.63, 3.8) is 0 Å². The fourth-order valence-electron chi connectivity index (χ4n) is 4.51. The molecule has 2 bridgehead atoms. The lowest BCUT2D eigenvalue weighted by Crippen LogP contribution is -2.55. The van der Waals surface area contributed by atoms with E-state index in [4.69, 9.17) is 4.74 Å². The predicted octanol–water partition coefficient (Wildman–Crippen LogP) is 2.31. The minimum atomic E-state index is -1.16. The largest absolute Gasteiger partial charge is 0.481 e. The van der Waals surface area contributed by atoms with Gasteiger partial charge in [0.05, 0.1) is 31.0 Å². The number of morpholine rings is 1. The van der Waals surface area contributed by atoms with Crippen molar-refractivity contribution in [1.29, 1.82) is 0 Å². The van der Waals surface area contributed by atoms with Crippen LogP contribution in [0, 0.1) is 11.7 Å². The lowest BCUT2D eigenvalue weighted by atomic mass is 9.89. The molecule has 3 heterocycles. The fraction of sp³-hybridized carbons (Fsp3) is 0.579. The quantitative estimate of drug-likeness (QED) is 0.832. The molecule has 1 N–H and O–H groups in total. The van der Waals surface area contributed by atoms with Crippen molar-refractivity contribution >= 4 is 23.1 Å². The van der Waals surface area contributed by atoms with E-state index in [-0.39, 0.29) is 24.2 Å². The van der Waals surface area contributed by atoms with Gasteiger partial charge in [0.1, 0.15) is 11.7 Å². The second-order valence-corrected chi connectivity index (χ2v) is 7.30. The van der Waals surface area contributed by atoms with E-state index >= 15 is 4.39 Å². The number of rotatable bonds is 3. The number of halogens is 1. The summed E-state index contributed by atoms with van der Waals surface area (Å²) in [5.74, 6) is -3.27. The topological polar surface area (TPSA) is 70.1 Å². The van der Waals surface area contributed by atoms with Gasteiger partial charge in [-0.25, -0.2) is 4.39 Å². The first kappa shape index (κ1) is 17.3. The zero-order valence-electron chi connectivity index (χ0n) is 14.8. The Kier molecular flexibility index (Phi) is 4.34. The van der Waals surface area contributed by atoms with Gasteiger partial charge in [0.25, 0.3) is 0 Å². The van der Waals surface area contributed by atoms with Crippen LogP contribution in [-0.2, 0) is 9.53 Å². The number of piperidine rings is 1. The van der Waals surface area contributed by atoms with Crippen molar-refractivity contribution in [1.82, 2.24) is 0 Å². The number of hydrogen-bond acceptors (Lipinski definition) is 5. The van der Waals surface area contributed by atoms with Crippen LogP contribution < -0.4 is 9.80 Å². The number of anilines is 2. The normalized spacial score (nSPS) is 28.1. The Morgan fingerprint density at radius 3 is 2.58 bits per heavy atom. The first-order valence-corrected chi connectivity index (χ1v) is 9.22. The van der Waals surface area contributed by atoms with Gasteiger partial charge in [-0.15, -0.1) is 0 Å². The maximum absolute atomic E-state index is 15.0. The van der Waals surface area contributed by atoms with Gasteiger partial charge >= 0.3 is 5.97 Å². The molecule has 6 nitrogen and oxygen atoms in total. The van der Waals surface area contributed by atoms with Crippen molar-refractivity contribution in [2.45, 2.75) is 38.3 Å². The molecule has 3 unspecified atom stereocenters. The smallest absolute Gasteiger partial charge is 0.316 e. The van der Waals surface area contributed by atoms with Crippen molar-refractivity contribution in [2.24, 2.45) is 5.92 Å². The summed E-state index contributed by atoms with van der Waals surface area (Å²) in [7, 11) is 0. The van der Waals surface area contributed by atoms with E-state index in [1.54, 1.807) is 6.07 Å². The molecule has 1 aromatic carbocycles. The first-order valence-electron chi connectivity index (χ1n) is 9.22. The Bertz CT molecular complexity index is 731. The highest BCUT2D eigenvalue weighted by atomic mass is 19.1. The zero-order chi connectivity index (χ0) is 18.4. The van der Waals surface area contributed by atoms with E-state index in [0.29, 0.717) is 31.1 Å². The Hall–Kier alpha value is -2.15. The SMILES string of the molecule is CCN1CC(C(=O)O)C(=O)c2cc(F)c(N3C4CCCC3COC4)cc21. The highest BCUT2D eigenvalue weighted by Gasteiger charge is 2.40. The van der Waals surface area contributed by atoms with Gasteiger partial charge in [0.2, 0.25) is 0 Å².